The monoisotopic (exact) mass is 430 g/mol. The lowest BCUT2D eigenvalue weighted by Crippen LogP contribution is -2.47. The molecule has 0 radical (unpaired) electrons. The number of Topliss-reactive ketones (excluding diaryl/α,β-unsaturated/α-hetero) is 1. The summed E-state index contributed by atoms with van der Waals surface area (Å²) >= 11 is 0. The maximum Gasteiger partial charge on any atom is 0.167 e. The summed E-state index contributed by atoms with van der Waals surface area (Å²) in [7, 11) is 1.67. The Morgan fingerprint density at radius 2 is 1.72 bits per heavy atom. The van der Waals surface area contributed by atoms with Gasteiger partial charge in [-0.25, -0.2) is 0 Å². The Kier molecular flexibility index (Phi) is 7.20. The van der Waals surface area contributed by atoms with Gasteiger partial charge in [0.25, 0.3) is 0 Å². The highest BCUT2D eigenvalue weighted by Gasteiger charge is 2.18. The van der Waals surface area contributed by atoms with Crippen LogP contribution in [-0.2, 0) is 6.42 Å². The number of β-amino-alcohol motifs (C(OH)–C–C–N with tert-alkyl or cyclic N) is 1. The van der Waals surface area contributed by atoms with Gasteiger partial charge >= 0.3 is 0 Å². The number of ketones is 1. The van der Waals surface area contributed by atoms with Gasteiger partial charge in [0.1, 0.15) is 5.75 Å². The number of anilines is 1. The van der Waals surface area contributed by atoms with Crippen molar-refractivity contribution in [3.05, 3.63) is 83.9 Å². The number of nitrogens with zero attached hydrogens (tertiary/aromatic N) is 2. The number of aliphatic hydroxyl groups is 1. The van der Waals surface area contributed by atoms with Gasteiger partial charge < -0.3 is 14.7 Å². The van der Waals surface area contributed by atoms with Crippen LogP contribution in [0.5, 0.6) is 5.75 Å². The number of hydrogen-bond acceptors (Lipinski definition) is 5. The number of methoxy groups -OCH3 is 1. The summed E-state index contributed by atoms with van der Waals surface area (Å²) in [6.07, 6.45) is 0.345. The molecule has 0 spiro atoms. The van der Waals surface area contributed by atoms with Crippen LogP contribution in [0.25, 0.3) is 11.1 Å². The summed E-state index contributed by atoms with van der Waals surface area (Å²) in [6, 6.07) is 24.0. The van der Waals surface area contributed by atoms with Crippen LogP contribution in [0.3, 0.4) is 0 Å². The molecular weight excluding hydrogens is 400 g/mol. The first-order chi connectivity index (χ1) is 15.7. The predicted octanol–water partition coefficient (Wildman–Crippen LogP) is 3.90. The van der Waals surface area contributed by atoms with E-state index in [2.05, 4.69) is 21.9 Å². The summed E-state index contributed by atoms with van der Waals surface area (Å²) in [4.78, 5) is 17.7. The number of hydrogen-bond donors (Lipinski definition) is 1. The molecule has 0 unspecified atom stereocenters. The molecule has 32 heavy (non-hydrogen) atoms. The number of benzene rings is 3. The Bertz CT molecular complexity index is 1040. The molecule has 0 bridgehead atoms. The quantitative estimate of drug-likeness (QED) is 0.550. The van der Waals surface area contributed by atoms with Gasteiger partial charge in [-0.1, -0.05) is 48.5 Å². The Labute approximate surface area is 189 Å². The van der Waals surface area contributed by atoms with E-state index < -0.39 is 0 Å². The maximum atomic E-state index is 13.1. The molecule has 1 aliphatic rings. The third-order valence-corrected chi connectivity index (χ3v) is 6.04. The lowest BCUT2D eigenvalue weighted by Gasteiger charge is -2.35. The van der Waals surface area contributed by atoms with Crippen molar-refractivity contribution in [2.45, 2.75) is 6.42 Å². The van der Waals surface area contributed by atoms with E-state index in [1.165, 1.54) is 0 Å². The van der Waals surface area contributed by atoms with Crippen LogP contribution < -0.4 is 9.64 Å². The fraction of sp³-hybridized carbons (Fsp3) is 0.296. The van der Waals surface area contributed by atoms with E-state index in [0.29, 0.717) is 6.42 Å². The van der Waals surface area contributed by atoms with Gasteiger partial charge in [-0.15, -0.1) is 0 Å². The van der Waals surface area contributed by atoms with Crippen molar-refractivity contribution in [1.29, 1.82) is 0 Å². The molecule has 0 aliphatic carbocycles. The highest BCUT2D eigenvalue weighted by Crippen LogP contribution is 2.31. The van der Waals surface area contributed by atoms with Gasteiger partial charge in [0.05, 0.1) is 13.7 Å². The molecule has 1 saturated heterocycles. The van der Waals surface area contributed by atoms with Crippen molar-refractivity contribution in [2.24, 2.45) is 0 Å². The summed E-state index contributed by atoms with van der Waals surface area (Å²) in [5.74, 6) is 0.907. The van der Waals surface area contributed by atoms with Crippen molar-refractivity contribution >= 4 is 11.5 Å². The van der Waals surface area contributed by atoms with E-state index in [0.717, 1.165) is 66.4 Å². The van der Waals surface area contributed by atoms with E-state index in [4.69, 9.17) is 9.84 Å². The molecule has 3 aromatic rings. The highest BCUT2D eigenvalue weighted by molar-refractivity contribution is 5.98. The molecule has 166 valence electrons. The molecule has 1 N–H and O–H groups in total. The summed E-state index contributed by atoms with van der Waals surface area (Å²) in [5.41, 5.74) is 4.85. The van der Waals surface area contributed by atoms with Crippen molar-refractivity contribution in [3.8, 4) is 16.9 Å². The van der Waals surface area contributed by atoms with Crippen LogP contribution in [0.2, 0.25) is 0 Å². The van der Waals surface area contributed by atoms with Crippen molar-refractivity contribution < 1.29 is 14.6 Å². The molecule has 0 amide bonds. The van der Waals surface area contributed by atoms with Crippen molar-refractivity contribution in [1.82, 2.24) is 4.90 Å². The zero-order valence-electron chi connectivity index (χ0n) is 18.5. The largest absolute Gasteiger partial charge is 0.496 e. The maximum absolute atomic E-state index is 13.1. The standard InChI is InChI=1S/C27H30N2O3/c1-32-27-11-10-21(18-25(27)22-6-3-2-4-7-22)19-26(31)23-8-5-9-24(20-23)29-14-12-28(13-15-29)16-17-30/h2-11,18,20,30H,12-17,19H2,1H3. The number of ether oxygens (including phenoxy) is 1. The topological polar surface area (TPSA) is 53.0 Å². The van der Waals surface area contributed by atoms with E-state index in [1.807, 2.05) is 60.7 Å². The summed E-state index contributed by atoms with van der Waals surface area (Å²) in [6.45, 7) is 4.56. The minimum absolute atomic E-state index is 0.106. The molecule has 0 atom stereocenters. The molecular formula is C27H30N2O3. The van der Waals surface area contributed by atoms with Crippen LogP contribution >= 0.6 is 0 Å². The van der Waals surface area contributed by atoms with Crippen LogP contribution in [0, 0.1) is 0 Å². The number of aliphatic hydroxyl groups excluding tert-OH is 1. The Morgan fingerprint density at radius 3 is 2.44 bits per heavy atom. The Balaban J connectivity index is 1.48. The smallest absolute Gasteiger partial charge is 0.167 e. The fourth-order valence-electron chi connectivity index (χ4n) is 4.24. The molecule has 5 heteroatoms. The molecule has 3 aromatic carbocycles. The second kappa shape index (κ2) is 10.4. The minimum atomic E-state index is 0.106. The van der Waals surface area contributed by atoms with Gasteiger partial charge in [0.2, 0.25) is 0 Å². The summed E-state index contributed by atoms with van der Waals surface area (Å²) in [5, 5.41) is 9.13. The zero-order valence-corrected chi connectivity index (χ0v) is 18.5. The van der Waals surface area contributed by atoms with Crippen LogP contribution in [0.15, 0.2) is 72.8 Å². The third kappa shape index (κ3) is 5.18. The van der Waals surface area contributed by atoms with Crippen LogP contribution in [0.4, 0.5) is 5.69 Å². The molecule has 0 saturated carbocycles. The lowest BCUT2D eigenvalue weighted by molar-refractivity contribution is 0.0993. The number of piperazine rings is 1. The average Bonchev–Trinajstić information content (AvgIpc) is 2.85. The first-order valence-corrected chi connectivity index (χ1v) is 11.1. The van der Waals surface area contributed by atoms with Gasteiger partial charge in [0.15, 0.2) is 5.78 Å². The van der Waals surface area contributed by atoms with Crippen molar-refractivity contribution in [3.63, 3.8) is 0 Å². The molecule has 1 heterocycles. The van der Waals surface area contributed by atoms with Gasteiger partial charge in [0, 0.05) is 56.0 Å². The van der Waals surface area contributed by atoms with Crippen LogP contribution in [-0.4, -0.2) is 62.2 Å². The van der Waals surface area contributed by atoms with Gasteiger partial charge in [-0.3, -0.25) is 9.69 Å². The van der Waals surface area contributed by atoms with Gasteiger partial charge in [-0.2, -0.15) is 0 Å². The average molecular weight is 431 g/mol. The second-order valence-electron chi connectivity index (χ2n) is 8.10. The molecule has 1 aliphatic heterocycles. The first kappa shape index (κ1) is 22.1. The van der Waals surface area contributed by atoms with E-state index >= 15 is 0 Å². The fourth-order valence-corrected chi connectivity index (χ4v) is 4.24. The first-order valence-electron chi connectivity index (χ1n) is 11.1. The van der Waals surface area contributed by atoms with Crippen LogP contribution in [0.1, 0.15) is 15.9 Å². The molecule has 0 aromatic heterocycles. The SMILES string of the molecule is COc1ccc(CC(=O)c2cccc(N3CCN(CCO)CC3)c2)cc1-c1ccccc1. The summed E-state index contributed by atoms with van der Waals surface area (Å²) < 4.78 is 5.54. The predicted molar refractivity (Wildman–Crippen MR) is 129 cm³/mol. The van der Waals surface area contributed by atoms with E-state index in [9.17, 15) is 4.79 Å². The second-order valence-corrected chi connectivity index (χ2v) is 8.10. The molecule has 5 nitrogen and oxygen atoms in total. The van der Waals surface area contributed by atoms with E-state index in [-0.39, 0.29) is 12.4 Å². The van der Waals surface area contributed by atoms with E-state index in [1.54, 1.807) is 7.11 Å². The number of carbonyl (C=O) groups is 1. The molecule has 1 fully saturated rings. The number of carbonyl (C=O) groups excluding carboxylic acids is 1. The third-order valence-electron chi connectivity index (χ3n) is 6.04. The van der Waals surface area contributed by atoms with Crippen molar-refractivity contribution in [2.75, 3.05) is 51.3 Å². The zero-order chi connectivity index (χ0) is 22.3. The highest BCUT2D eigenvalue weighted by atomic mass is 16.5. The minimum Gasteiger partial charge on any atom is -0.496 e. The normalized spacial score (nSPS) is 14.4. The van der Waals surface area contributed by atoms with Gasteiger partial charge in [-0.05, 0) is 35.4 Å². The number of rotatable bonds is 8. The Hall–Kier alpha value is -3.15. The Morgan fingerprint density at radius 1 is 0.938 bits per heavy atom. The molecule has 4 rings (SSSR count). The lowest BCUT2D eigenvalue weighted by atomic mass is 9.97.